The lowest BCUT2D eigenvalue weighted by molar-refractivity contribution is -0.263. The van der Waals surface area contributed by atoms with Gasteiger partial charge in [-0.2, -0.15) is 0 Å². The first-order chi connectivity index (χ1) is 9.43. The van der Waals surface area contributed by atoms with Gasteiger partial charge in [0.2, 0.25) is 5.91 Å². The fraction of sp³-hybridized carbons (Fsp3) is 0.800. The Bertz CT molecular complexity index is 332. The highest BCUT2D eigenvalue weighted by atomic mass is 16.7. The molecule has 1 heterocycles. The largest absolute Gasteiger partial charge is 0.388 e. The molecule has 5 atom stereocenters. The summed E-state index contributed by atoms with van der Waals surface area (Å²) in [6, 6.07) is 0. The maximum atomic E-state index is 11.0. The summed E-state index contributed by atoms with van der Waals surface area (Å²) in [6.45, 7) is 6.02. The number of aliphatic hydroxyl groups excluding tert-OH is 1. The van der Waals surface area contributed by atoms with Gasteiger partial charge in [-0.3, -0.25) is 4.79 Å². The standard InChI is InChI=1S/C15H27NO4/c1-10-9-13(17)15(20-12(10)3)19-11(2)7-5-6-8-14(18)16-4/h6,8,10-13,15,17H,5,7,9H2,1-4H3,(H,16,18)/b8-6+/t10?,11-,12+,13-,15?/m1/s1. The number of amides is 1. The molecular weight excluding hydrogens is 258 g/mol. The highest BCUT2D eigenvalue weighted by Gasteiger charge is 2.33. The Morgan fingerprint density at radius 2 is 2.25 bits per heavy atom. The Morgan fingerprint density at radius 1 is 1.55 bits per heavy atom. The second kappa shape index (κ2) is 8.39. The number of ether oxygens (including phenoxy) is 2. The highest BCUT2D eigenvalue weighted by molar-refractivity contribution is 5.87. The van der Waals surface area contributed by atoms with E-state index in [1.54, 1.807) is 7.05 Å². The number of carbonyl (C=O) groups is 1. The van der Waals surface area contributed by atoms with Gasteiger partial charge in [-0.1, -0.05) is 13.0 Å². The molecule has 0 saturated carbocycles. The molecule has 5 heteroatoms. The summed E-state index contributed by atoms with van der Waals surface area (Å²) in [5.74, 6) is 0.239. The number of allylic oxidation sites excluding steroid dienone is 1. The normalized spacial score (nSPS) is 32.2. The number of hydrogen-bond acceptors (Lipinski definition) is 4. The van der Waals surface area contributed by atoms with Crippen LogP contribution in [0.3, 0.4) is 0 Å². The molecule has 1 amide bonds. The maximum absolute atomic E-state index is 11.0. The van der Waals surface area contributed by atoms with Gasteiger partial charge in [0.1, 0.15) is 6.10 Å². The fourth-order valence-corrected chi connectivity index (χ4v) is 2.14. The predicted molar refractivity (Wildman–Crippen MR) is 77.1 cm³/mol. The Balaban J connectivity index is 2.29. The topological polar surface area (TPSA) is 67.8 Å². The molecule has 0 aliphatic carbocycles. The molecule has 0 spiro atoms. The molecule has 1 rings (SSSR count). The number of hydrogen-bond donors (Lipinski definition) is 2. The molecule has 0 radical (unpaired) electrons. The zero-order valence-electron chi connectivity index (χ0n) is 12.8. The quantitative estimate of drug-likeness (QED) is 0.728. The number of likely N-dealkylation sites (N-methyl/N-ethyl adjacent to an activating group) is 1. The van der Waals surface area contributed by atoms with Crippen LogP contribution in [0.2, 0.25) is 0 Å². The smallest absolute Gasteiger partial charge is 0.243 e. The second-order valence-electron chi connectivity index (χ2n) is 5.53. The monoisotopic (exact) mass is 285 g/mol. The summed E-state index contributed by atoms with van der Waals surface area (Å²) < 4.78 is 11.4. The van der Waals surface area contributed by atoms with Gasteiger partial charge in [0.15, 0.2) is 6.29 Å². The second-order valence-corrected chi connectivity index (χ2v) is 5.53. The number of aliphatic hydroxyl groups is 1. The number of nitrogens with one attached hydrogen (secondary N) is 1. The number of carbonyl (C=O) groups excluding carboxylic acids is 1. The third-order valence-corrected chi connectivity index (χ3v) is 3.70. The average molecular weight is 285 g/mol. The third kappa shape index (κ3) is 5.61. The minimum atomic E-state index is -0.565. The summed E-state index contributed by atoms with van der Waals surface area (Å²) in [6.07, 6.45) is 4.55. The van der Waals surface area contributed by atoms with Crippen molar-refractivity contribution in [2.45, 2.75) is 64.6 Å². The molecule has 1 aliphatic rings. The molecule has 20 heavy (non-hydrogen) atoms. The van der Waals surface area contributed by atoms with E-state index in [-0.39, 0.29) is 18.1 Å². The van der Waals surface area contributed by atoms with Crippen molar-refractivity contribution in [3.8, 4) is 0 Å². The van der Waals surface area contributed by atoms with E-state index >= 15 is 0 Å². The Morgan fingerprint density at radius 3 is 2.90 bits per heavy atom. The van der Waals surface area contributed by atoms with Crippen molar-refractivity contribution in [3.05, 3.63) is 12.2 Å². The van der Waals surface area contributed by atoms with E-state index in [0.29, 0.717) is 12.3 Å². The minimum Gasteiger partial charge on any atom is -0.388 e. The van der Waals surface area contributed by atoms with Gasteiger partial charge in [0.25, 0.3) is 0 Å². The Labute approximate surface area is 121 Å². The SMILES string of the molecule is CNC(=O)/C=C/CC[C@@H](C)OC1O[C@@H](C)C(C)C[C@H]1O. The van der Waals surface area contributed by atoms with Crippen molar-refractivity contribution < 1.29 is 19.4 Å². The molecule has 5 nitrogen and oxygen atoms in total. The molecule has 0 aromatic carbocycles. The van der Waals surface area contributed by atoms with Gasteiger partial charge in [0.05, 0.1) is 12.2 Å². The third-order valence-electron chi connectivity index (χ3n) is 3.70. The van der Waals surface area contributed by atoms with E-state index in [4.69, 9.17) is 9.47 Å². The summed E-state index contributed by atoms with van der Waals surface area (Å²) in [5.41, 5.74) is 0. The van der Waals surface area contributed by atoms with Crippen LogP contribution < -0.4 is 5.32 Å². The Kier molecular flexibility index (Phi) is 7.19. The zero-order chi connectivity index (χ0) is 15.1. The van der Waals surface area contributed by atoms with E-state index in [2.05, 4.69) is 12.2 Å². The lowest BCUT2D eigenvalue weighted by Crippen LogP contribution is -2.44. The van der Waals surface area contributed by atoms with Crippen molar-refractivity contribution in [3.63, 3.8) is 0 Å². The molecule has 0 aromatic heterocycles. The molecular formula is C15H27NO4. The molecule has 1 saturated heterocycles. The molecule has 1 aliphatic heterocycles. The van der Waals surface area contributed by atoms with Crippen molar-refractivity contribution in [2.75, 3.05) is 7.05 Å². The van der Waals surface area contributed by atoms with Crippen molar-refractivity contribution in [1.82, 2.24) is 5.32 Å². The lowest BCUT2D eigenvalue weighted by atomic mass is 9.95. The first-order valence-electron chi connectivity index (χ1n) is 7.31. The predicted octanol–water partition coefficient (Wildman–Crippen LogP) is 1.61. The van der Waals surface area contributed by atoms with Crippen LogP contribution in [-0.4, -0.2) is 42.7 Å². The molecule has 2 unspecified atom stereocenters. The Hall–Kier alpha value is -0.910. The van der Waals surface area contributed by atoms with Crippen LogP contribution >= 0.6 is 0 Å². The highest BCUT2D eigenvalue weighted by Crippen LogP contribution is 2.26. The van der Waals surface area contributed by atoms with Crippen LogP contribution in [0, 0.1) is 5.92 Å². The number of rotatable bonds is 6. The fourth-order valence-electron chi connectivity index (χ4n) is 2.14. The molecule has 1 fully saturated rings. The van der Waals surface area contributed by atoms with Gasteiger partial charge in [-0.05, 0) is 45.1 Å². The van der Waals surface area contributed by atoms with Gasteiger partial charge in [-0.15, -0.1) is 0 Å². The van der Waals surface area contributed by atoms with Gasteiger partial charge in [0, 0.05) is 7.05 Å². The summed E-state index contributed by atoms with van der Waals surface area (Å²) >= 11 is 0. The first-order valence-corrected chi connectivity index (χ1v) is 7.31. The average Bonchev–Trinajstić information content (AvgIpc) is 2.40. The van der Waals surface area contributed by atoms with E-state index in [1.165, 1.54) is 6.08 Å². The van der Waals surface area contributed by atoms with Crippen LogP contribution in [0.25, 0.3) is 0 Å². The minimum absolute atomic E-state index is 0.0235. The van der Waals surface area contributed by atoms with Gasteiger partial charge >= 0.3 is 0 Å². The summed E-state index contributed by atoms with van der Waals surface area (Å²) in [5, 5.41) is 12.5. The van der Waals surface area contributed by atoms with Crippen LogP contribution in [0.1, 0.15) is 40.0 Å². The van der Waals surface area contributed by atoms with Crippen LogP contribution in [0.4, 0.5) is 0 Å². The first kappa shape index (κ1) is 17.1. The molecule has 0 bridgehead atoms. The summed E-state index contributed by atoms with van der Waals surface area (Å²) in [7, 11) is 1.60. The lowest BCUT2D eigenvalue weighted by Gasteiger charge is -2.37. The van der Waals surface area contributed by atoms with Crippen LogP contribution in [-0.2, 0) is 14.3 Å². The molecule has 2 N–H and O–H groups in total. The van der Waals surface area contributed by atoms with Crippen molar-refractivity contribution in [2.24, 2.45) is 5.92 Å². The van der Waals surface area contributed by atoms with Gasteiger partial charge in [-0.25, -0.2) is 0 Å². The van der Waals surface area contributed by atoms with E-state index < -0.39 is 12.4 Å². The molecule has 116 valence electrons. The summed E-state index contributed by atoms with van der Waals surface area (Å²) in [4.78, 5) is 11.0. The van der Waals surface area contributed by atoms with Crippen LogP contribution in [0.5, 0.6) is 0 Å². The van der Waals surface area contributed by atoms with E-state index in [1.807, 2.05) is 19.9 Å². The zero-order valence-corrected chi connectivity index (χ0v) is 12.8. The van der Waals surface area contributed by atoms with E-state index in [9.17, 15) is 9.90 Å². The van der Waals surface area contributed by atoms with Crippen molar-refractivity contribution >= 4 is 5.91 Å². The maximum Gasteiger partial charge on any atom is 0.243 e. The van der Waals surface area contributed by atoms with Gasteiger partial charge < -0.3 is 19.9 Å². The van der Waals surface area contributed by atoms with E-state index in [0.717, 1.165) is 12.8 Å². The van der Waals surface area contributed by atoms with Crippen LogP contribution in [0.15, 0.2) is 12.2 Å². The molecule has 0 aromatic rings. The van der Waals surface area contributed by atoms with Crippen molar-refractivity contribution in [1.29, 1.82) is 0 Å².